The third-order valence-corrected chi connectivity index (χ3v) is 15.5. The SMILES string of the molecule is CC/C=C\C/C=C\C/C=C\C/C=C\C/C=C\C/C=C\C/C=C\CCCCCCCCCCCCCCCCCC(=O)NC(COP(=O)(O)OCC[N+](C)(C)C)C(O)/C=C/CC/C=C/CCCCCCCCCCCCCCCCC. The Hall–Kier alpha value is -2.84. The minimum Gasteiger partial charge on any atom is -0.387 e. The number of phosphoric acid groups is 1. The van der Waals surface area contributed by atoms with Crippen molar-refractivity contribution >= 4 is 13.7 Å². The summed E-state index contributed by atoms with van der Waals surface area (Å²) in [5, 5.41) is 14.0. The molecule has 0 aliphatic heterocycles. The van der Waals surface area contributed by atoms with Crippen molar-refractivity contribution in [1.82, 2.24) is 5.32 Å². The van der Waals surface area contributed by atoms with Gasteiger partial charge in [0.05, 0.1) is 39.9 Å². The fourth-order valence-electron chi connectivity index (χ4n) is 9.33. The van der Waals surface area contributed by atoms with E-state index in [0.717, 1.165) is 83.5 Å². The van der Waals surface area contributed by atoms with Gasteiger partial charge >= 0.3 is 7.82 Å². The number of carbonyl (C=O) groups excluding carboxylic acids is 1. The fourth-order valence-corrected chi connectivity index (χ4v) is 10.1. The van der Waals surface area contributed by atoms with Crippen molar-refractivity contribution in [3.8, 4) is 0 Å². The van der Waals surface area contributed by atoms with E-state index >= 15 is 0 Å². The van der Waals surface area contributed by atoms with Gasteiger partial charge in [-0.25, -0.2) is 4.57 Å². The van der Waals surface area contributed by atoms with Gasteiger partial charge < -0.3 is 19.8 Å². The summed E-state index contributed by atoms with van der Waals surface area (Å²) in [7, 11) is 1.55. The molecular weight excluding hydrogens is 1010 g/mol. The third-order valence-electron chi connectivity index (χ3n) is 14.5. The van der Waals surface area contributed by atoms with Gasteiger partial charge in [0.2, 0.25) is 5.91 Å². The largest absolute Gasteiger partial charge is 0.472 e. The van der Waals surface area contributed by atoms with Crippen LogP contribution >= 0.6 is 7.82 Å². The van der Waals surface area contributed by atoms with Gasteiger partial charge in [-0.15, -0.1) is 0 Å². The van der Waals surface area contributed by atoms with Crippen LogP contribution < -0.4 is 5.32 Å². The second kappa shape index (κ2) is 60.7. The Morgan fingerprint density at radius 1 is 0.438 bits per heavy atom. The molecular formula is C71H128N2O6P+. The van der Waals surface area contributed by atoms with Crippen LogP contribution in [0.1, 0.15) is 284 Å². The number of hydrogen-bond acceptors (Lipinski definition) is 5. The van der Waals surface area contributed by atoms with Gasteiger partial charge in [-0.05, 0) is 89.9 Å². The van der Waals surface area contributed by atoms with Crippen molar-refractivity contribution in [1.29, 1.82) is 0 Å². The second-order valence-electron chi connectivity index (χ2n) is 23.5. The molecule has 3 unspecified atom stereocenters. The first-order chi connectivity index (χ1) is 39.0. The zero-order valence-corrected chi connectivity index (χ0v) is 53.7. The number of aliphatic hydroxyl groups is 1. The Morgan fingerprint density at radius 2 is 0.762 bits per heavy atom. The quantitative estimate of drug-likeness (QED) is 0.0243. The normalized spacial score (nSPS) is 14.4. The van der Waals surface area contributed by atoms with E-state index in [1.165, 1.54) is 180 Å². The minimum atomic E-state index is -4.36. The monoisotopic (exact) mass is 1140 g/mol. The number of carbonyl (C=O) groups is 1. The van der Waals surface area contributed by atoms with Crippen LogP contribution in [0.2, 0.25) is 0 Å². The second-order valence-corrected chi connectivity index (χ2v) is 24.9. The van der Waals surface area contributed by atoms with E-state index < -0.39 is 20.0 Å². The lowest BCUT2D eigenvalue weighted by Crippen LogP contribution is -2.45. The number of hydrogen-bond donors (Lipinski definition) is 3. The first-order valence-corrected chi connectivity index (χ1v) is 34.8. The molecule has 9 heteroatoms. The lowest BCUT2D eigenvalue weighted by atomic mass is 10.0. The molecule has 0 heterocycles. The summed E-state index contributed by atoms with van der Waals surface area (Å²) in [6.45, 7) is 4.70. The molecule has 0 saturated heterocycles. The smallest absolute Gasteiger partial charge is 0.387 e. The lowest BCUT2D eigenvalue weighted by Gasteiger charge is -2.25. The van der Waals surface area contributed by atoms with E-state index in [4.69, 9.17) is 9.05 Å². The number of unbranched alkanes of at least 4 members (excludes halogenated alkanes) is 31. The van der Waals surface area contributed by atoms with E-state index in [9.17, 15) is 19.4 Å². The van der Waals surface area contributed by atoms with Crippen molar-refractivity contribution in [2.24, 2.45) is 0 Å². The molecule has 0 saturated carbocycles. The topological polar surface area (TPSA) is 105 Å². The molecule has 0 rings (SSSR count). The highest BCUT2D eigenvalue weighted by Crippen LogP contribution is 2.43. The average Bonchev–Trinajstić information content (AvgIpc) is 3.42. The maximum atomic E-state index is 13.0. The van der Waals surface area contributed by atoms with Gasteiger partial charge in [-0.2, -0.15) is 0 Å². The van der Waals surface area contributed by atoms with Gasteiger partial charge in [-0.1, -0.05) is 297 Å². The van der Waals surface area contributed by atoms with Gasteiger partial charge in [0, 0.05) is 6.42 Å². The first kappa shape index (κ1) is 77.2. The summed E-state index contributed by atoms with van der Waals surface area (Å²) >= 11 is 0. The zero-order chi connectivity index (χ0) is 58.4. The van der Waals surface area contributed by atoms with Crippen LogP contribution in [0.15, 0.2) is 109 Å². The Bertz CT molecular complexity index is 1670. The van der Waals surface area contributed by atoms with Crippen LogP contribution in [0.4, 0.5) is 0 Å². The van der Waals surface area contributed by atoms with Crippen LogP contribution in [0, 0.1) is 0 Å². The molecule has 3 atom stereocenters. The van der Waals surface area contributed by atoms with E-state index in [0.29, 0.717) is 17.4 Å². The molecule has 80 heavy (non-hydrogen) atoms. The third kappa shape index (κ3) is 62.8. The van der Waals surface area contributed by atoms with E-state index in [2.05, 4.69) is 116 Å². The summed E-state index contributed by atoms with van der Waals surface area (Å²) < 4.78 is 23.8. The van der Waals surface area contributed by atoms with Crippen molar-refractivity contribution in [3.05, 3.63) is 109 Å². The molecule has 0 radical (unpaired) electrons. The van der Waals surface area contributed by atoms with E-state index in [1.807, 2.05) is 27.2 Å². The number of likely N-dealkylation sites (N-methyl/N-ethyl adjacent to an activating group) is 1. The molecule has 0 aromatic rings. The molecule has 0 aromatic carbocycles. The fraction of sp³-hybridized carbons (Fsp3) is 0.732. The molecule has 0 bridgehead atoms. The Kier molecular flexibility index (Phi) is 58.6. The van der Waals surface area contributed by atoms with Gasteiger partial charge in [-0.3, -0.25) is 13.8 Å². The minimum absolute atomic E-state index is 0.0529. The average molecular weight is 1140 g/mol. The summed E-state index contributed by atoms with van der Waals surface area (Å²) in [4.78, 5) is 23.4. The molecule has 0 aliphatic rings. The summed E-state index contributed by atoms with van der Waals surface area (Å²) in [6, 6.07) is -0.870. The number of amides is 1. The van der Waals surface area contributed by atoms with Crippen LogP contribution in [0.25, 0.3) is 0 Å². The maximum absolute atomic E-state index is 13.0. The van der Waals surface area contributed by atoms with Crippen LogP contribution in [-0.2, 0) is 18.4 Å². The predicted molar refractivity (Wildman–Crippen MR) is 350 cm³/mol. The van der Waals surface area contributed by atoms with Crippen molar-refractivity contribution in [2.75, 3.05) is 40.9 Å². The van der Waals surface area contributed by atoms with E-state index in [1.54, 1.807) is 6.08 Å². The number of nitrogens with zero attached hydrogens (tertiary/aromatic N) is 1. The highest BCUT2D eigenvalue weighted by atomic mass is 31.2. The summed E-state index contributed by atoms with van der Waals surface area (Å²) in [6.07, 6.45) is 89.3. The Morgan fingerprint density at radius 3 is 1.15 bits per heavy atom. The van der Waals surface area contributed by atoms with Crippen molar-refractivity contribution in [3.63, 3.8) is 0 Å². The molecule has 462 valence electrons. The predicted octanol–water partition coefficient (Wildman–Crippen LogP) is 21.1. The van der Waals surface area contributed by atoms with Gasteiger partial charge in [0.15, 0.2) is 0 Å². The number of phosphoric ester groups is 1. The van der Waals surface area contributed by atoms with Crippen molar-refractivity contribution in [2.45, 2.75) is 296 Å². The maximum Gasteiger partial charge on any atom is 0.472 e. The van der Waals surface area contributed by atoms with Gasteiger partial charge in [0.25, 0.3) is 0 Å². The lowest BCUT2D eigenvalue weighted by molar-refractivity contribution is -0.870. The van der Waals surface area contributed by atoms with E-state index in [-0.39, 0.29) is 19.1 Å². The zero-order valence-electron chi connectivity index (χ0n) is 52.8. The summed E-state index contributed by atoms with van der Waals surface area (Å²) in [5.41, 5.74) is 0. The highest BCUT2D eigenvalue weighted by molar-refractivity contribution is 7.47. The summed E-state index contributed by atoms with van der Waals surface area (Å²) in [5.74, 6) is -0.188. The Labute approximate surface area is 495 Å². The van der Waals surface area contributed by atoms with Crippen molar-refractivity contribution < 1.29 is 32.9 Å². The van der Waals surface area contributed by atoms with Crippen LogP contribution in [0.3, 0.4) is 0 Å². The number of rotatable bonds is 60. The first-order valence-electron chi connectivity index (χ1n) is 33.3. The molecule has 0 aromatic heterocycles. The van der Waals surface area contributed by atoms with Crippen LogP contribution in [0.5, 0.6) is 0 Å². The standard InChI is InChI=1S/C71H127N2O6P/c1-6-8-10-12-14-16-18-20-22-24-26-28-29-30-31-32-33-34-35-36-37-38-39-40-41-42-43-45-47-49-51-53-55-57-59-61-63-65-71(75)72-69(68-79-80(76,77)78-67-66-73(3,4)5)70(74)64-62-60-58-56-54-52-50-48-46-44-27-25-23-21-19-17-15-13-11-9-7-2/h8,10,14,16,20,22,26,28,30-31,33-34,36-37,54,56,62,64,69-70,74H,6-7,9,11-13,15,17-19,21,23-25,27,29,32,35,38-53,55,57-61,63,65-68H2,1-5H3,(H-,72,75,76,77)/p+1/b10-8-,16-14-,22-20-,28-26-,31-30-,34-33-,37-36-,56-54+,64-62+. The number of nitrogens with one attached hydrogen (secondary N) is 1. The molecule has 0 fully saturated rings. The van der Waals surface area contributed by atoms with Gasteiger partial charge in [0.1, 0.15) is 13.2 Å². The molecule has 0 spiro atoms. The Balaban J connectivity index is 4.11. The molecule has 1 amide bonds. The molecule has 3 N–H and O–H groups in total. The van der Waals surface area contributed by atoms with Crippen LogP contribution in [-0.4, -0.2) is 73.4 Å². The highest BCUT2D eigenvalue weighted by Gasteiger charge is 2.27. The number of quaternary nitrogens is 1. The molecule has 0 aliphatic carbocycles. The molecule has 8 nitrogen and oxygen atoms in total. The number of allylic oxidation sites excluding steroid dienone is 17. The number of aliphatic hydroxyl groups excluding tert-OH is 1.